The summed E-state index contributed by atoms with van der Waals surface area (Å²) < 4.78 is 3.81. The first-order valence-corrected chi connectivity index (χ1v) is 15.1. The summed E-state index contributed by atoms with van der Waals surface area (Å²) in [5.74, 6) is 4.94. The second-order valence-electron chi connectivity index (χ2n) is 13.4. The van der Waals surface area contributed by atoms with Crippen molar-refractivity contribution in [2.45, 2.75) is 137 Å². The van der Waals surface area contributed by atoms with E-state index in [2.05, 4.69) is 55.2 Å². The monoisotopic (exact) mass is 513 g/mol. The molecule has 0 aromatic carbocycles. The number of unbranched alkanes of at least 4 members (excludes halogenated alkanes) is 1. The Morgan fingerprint density at radius 3 is 2.51 bits per heavy atom. The second kappa shape index (κ2) is 12.7. The van der Waals surface area contributed by atoms with Gasteiger partial charge >= 0.3 is 5.69 Å². The normalized spacial score (nSPS) is 25.9. The lowest BCUT2D eigenvalue weighted by Gasteiger charge is -2.39. The number of rotatable bonds is 11. The summed E-state index contributed by atoms with van der Waals surface area (Å²) in [7, 11) is 0. The maximum Gasteiger partial charge on any atom is 0.345 e. The molecular formula is C29H51N7O. The number of nitrogens with zero attached hydrogens (tertiary/aromatic N) is 6. The standard InChI is InChI=1S/C29H51N7O/c1-6-7-12-26-32-36(18-17-21(2)19-29(3,4)5)28(37)35(26)20-22-13-15-23(16-14-22)24-10-8-9-11-25(24)27-30-33-34-31-27/h21-25H,6-20H2,1-5H3,(H,30,31,33,34). The Hall–Kier alpha value is -1.99. The maximum atomic E-state index is 13.5. The number of nitrogens with one attached hydrogen (secondary N) is 1. The molecular weight excluding hydrogens is 462 g/mol. The number of hydrogen-bond acceptors (Lipinski definition) is 5. The van der Waals surface area contributed by atoms with E-state index in [4.69, 9.17) is 5.10 Å². The van der Waals surface area contributed by atoms with Crippen molar-refractivity contribution in [3.05, 3.63) is 22.1 Å². The zero-order valence-electron chi connectivity index (χ0n) is 24.1. The Labute approximate surface area is 223 Å². The summed E-state index contributed by atoms with van der Waals surface area (Å²) in [6, 6.07) is 0. The first-order valence-electron chi connectivity index (χ1n) is 15.1. The third kappa shape index (κ3) is 7.53. The van der Waals surface area contributed by atoms with Gasteiger partial charge in [-0.15, -0.1) is 10.2 Å². The van der Waals surface area contributed by atoms with Crippen LogP contribution >= 0.6 is 0 Å². The van der Waals surface area contributed by atoms with E-state index in [9.17, 15) is 4.79 Å². The first-order chi connectivity index (χ1) is 17.7. The molecule has 8 nitrogen and oxygen atoms in total. The molecule has 2 heterocycles. The molecule has 0 bridgehead atoms. The molecule has 0 saturated heterocycles. The molecule has 1 N–H and O–H groups in total. The fourth-order valence-corrected chi connectivity index (χ4v) is 7.25. The Morgan fingerprint density at radius 1 is 1.08 bits per heavy atom. The van der Waals surface area contributed by atoms with Gasteiger partial charge in [0.1, 0.15) is 5.82 Å². The van der Waals surface area contributed by atoms with Gasteiger partial charge in [0.2, 0.25) is 0 Å². The average Bonchev–Trinajstić information content (AvgIpc) is 3.50. The molecule has 3 atom stereocenters. The molecule has 0 amide bonds. The Kier molecular flexibility index (Phi) is 9.62. The molecule has 2 aliphatic carbocycles. The summed E-state index contributed by atoms with van der Waals surface area (Å²) in [6.07, 6.45) is 15.3. The fourth-order valence-electron chi connectivity index (χ4n) is 7.25. The van der Waals surface area contributed by atoms with Crippen LogP contribution in [0.5, 0.6) is 0 Å². The van der Waals surface area contributed by atoms with Crippen LogP contribution < -0.4 is 5.69 Å². The van der Waals surface area contributed by atoms with Crippen LogP contribution in [0.4, 0.5) is 0 Å². The van der Waals surface area contributed by atoms with Crippen LogP contribution in [0, 0.1) is 29.1 Å². The van der Waals surface area contributed by atoms with Crippen LogP contribution in [-0.4, -0.2) is 35.0 Å². The molecule has 2 saturated carbocycles. The maximum absolute atomic E-state index is 13.5. The van der Waals surface area contributed by atoms with Gasteiger partial charge in [0, 0.05) is 25.4 Å². The van der Waals surface area contributed by atoms with Crippen molar-refractivity contribution in [1.82, 2.24) is 35.0 Å². The van der Waals surface area contributed by atoms with Crippen LogP contribution in [0.1, 0.15) is 129 Å². The molecule has 4 rings (SSSR count). The van der Waals surface area contributed by atoms with Crippen LogP contribution in [0.25, 0.3) is 0 Å². The SMILES string of the molecule is CCCCc1nn(CCC(C)CC(C)(C)C)c(=O)n1CC1CCC(C2CCCCC2c2nn[nH]n2)CC1. The zero-order chi connectivity index (χ0) is 26.4. The van der Waals surface area contributed by atoms with Crippen molar-refractivity contribution in [3.8, 4) is 0 Å². The molecule has 37 heavy (non-hydrogen) atoms. The van der Waals surface area contributed by atoms with Crippen LogP contribution in [0.15, 0.2) is 4.79 Å². The lowest BCUT2D eigenvalue weighted by molar-refractivity contribution is 0.137. The van der Waals surface area contributed by atoms with Crippen molar-refractivity contribution in [2.24, 2.45) is 29.1 Å². The third-order valence-electron chi connectivity index (χ3n) is 9.00. The van der Waals surface area contributed by atoms with Crippen LogP contribution in [-0.2, 0) is 19.5 Å². The van der Waals surface area contributed by atoms with E-state index in [1.165, 1.54) is 57.8 Å². The van der Waals surface area contributed by atoms with Crippen LogP contribution in [0.3, 0.4) is 0 Å². The number of aryl methyl sites for hydroxylation is 2. The van der Waals surface area contributed by atoms with Gasteiger partial charge < -0.3 is 0 Å². The molecule has 0 aliphatic heterocycles. The van der Waals surface area contributed by atoms with E-state index in [0.29, 0.717) is 29.1 Å². The molecule has 3 unspecified atom stereocenters. The number of aromatic amines is 1. The van der Waals surface area contributed by atoms with E-state index < -0.39 is 0 Å². The van der Waals surface area contributed by atoms with E-state index in [-0.39, 0.29) is 5.69 Å². The van der Waals surface area contributed by atoms with Crippen molar-refractivity contribution >= 4 is 0 Å². The van der Waals surface area contributed by atoms with Gasteiger partial charge in [0.25, 0.3) is 0 Å². The smallest absolute Gasteiger partial charge is 0.279 e. The van der Waals surface area contributed by atoms with Crippen LogP contribution in [0.2, 0.25) is 0 Å². The lowest BCUT2D eigenvalue weighted by atomic mass is 9.66. The number of tetrazole rings is 1. The highest BCUT2D eigenvalue weighted by Crippen LogP contribution is 2.46. The van der Waals surface area contributed by atoms with Gasteiger partial charge in [0.05, 0.1) is 0 Å². The van der Waals surface area contributed by atoms with Gasteiger partial charge in [-0.25, -0.2) is 9.48 Å². The highest BCUT2D eigenvalue weighted by atomic mass is 16.2. The minimum Gasteiger partial charge on any atom is -0.279 e. The Bertz CT molecular complexity index is 995. The highest BCUT2D eigenvalue weighted by molar-refractivity contribution is 5.00. The van der Waals surface area contributed by atoms with Crippen molar-refractivity contribution < 1.29 is 0 Å². The molecule has 208 valence electrons. The minimum atomic E-state index is 0.112. The van der Waals surface area contributed by atoms with E-state index in [1.54, 1.807) is 4.68 Å². The van der Waals surface area contributed by atoms with Gasteiger partial charge in [0.15, 0.2) is 5.82 Å². The third-order valence-corrected chi connectivity index (χ3v) is 9.00. The summed E-state index contributed by atoms with van der Waals surface area (Å²) in [5.41, 5.74) is 0.429. The molecule has 8 heteroatoms. The molecule has 0 radical (unpaired) electrons. The topological polar surface area (TPSA) is 94.3 Å². The van der Waals surface area contributed by atoms with Gasteiger partial charge in [-0.2, -0.15) is 10.3 Å². The van der Waals surface area contributed by atoms with Gasteiger partial charge in [-0.1, -0.05) is 59.1 Å². The Balaban J connectivity index is 1.37. The molecule has 2 aliphatic rings. The number of hydrogen-bond donors (Lipinski definition) is 1. The summed E-state index contributed by atoms with van der Waals surface area (Å²) >= 11 is 0. The number of H-pyrrole nitrogens is 1. The minimum absolute atomic E-state index is 0.112. The summed E-state index contributed by atoms with van der Waals surface area (Å²) in [5, 5.41) is 20.1. The largest absolute Gasteiger partial charge is 0.345 e. The fraction of sp³-hybridized carbons (Fsp3) is 0.897. The second-order valence-corrected chi connectivity index (χ2v) is 13.4. The number of aromatic nitrogens is 7. The summed E-state index contributed by atoms with van der Waals surface area (Å²) in [6.45, 7) is 13.0. The highest BCUT2D eigenvalue weighted by Gasteiger charge is 2.37. The molecule has 2 aromatic heterocycles. The molecule has 2 fully saturated rings. The van der Waals surface area contributed by atoms with Crippen molar-refractivity contribution in [2.75, 3.05) is 0 Å². The van der Waals surface area contributed by atoms with Crippen molar-refractivity contribution in [3.63, 3.8) is 0 Å². The lowest BCUT2D eigenvalue weighted by Crippen LogP contribution is -2.32. The van der Waals surface area contributed by atoms with E-state index in [0.717, 1.165) is 56.3 Å². The quantitative estimate of drug-likeness (QED) is 0.389. The zero-order valence-corrected chi connectivity index (χ0v) is 24.1. The predicted molar refractivity (Wildman–Crippen MR) is 147 cm³/mol. The Morgan fingerprint density at radius 2 is 1.84 bits per heavy atom. The molecule has 0 spiro atoms. The van der Waals surface area contributed by atoms with Gasteiger partial charge in [-0.05, 0) is 86.9 Å². The first kappa shape index (κ1) is 28.0. The average molecular weight is 514 g/mol. The van der Waals surface area contributed by atoms with Crippen molar-refractivity contribution in [1.29, 1.82) is 0 Å². The predicted octanol–water partition coefficient (Wildman–Crippen LogP) is 6.14. The van der Waals surface area contributed by atoms with E-state index >= 15 is 0 Å². The summed E-state index contributed by atoms with van der Waals surface area (Å²) in [4.78, 5) is 13.5. The van der Waals surface area contributed by atoms with Gasteiger partial charge in [-0.3, -0.25) is 4.57 Å². The molecule has 2 aromatic rings. The van der Waals surface area contributed by atoms with E-state index in [1.807, 2.05) is 4.57 Å².